The first-order valence-electron chi connectivity index (χ1n) is 12.6. The number of carbonyl (C=O) groups excluding carboxylic acids is 1. The number of methoxy groups -OCH3 is 2. The molecule has 0 radical (unpaired) electrons. The van der Waals surface area contributed by atoms with Gasteiger partial charge in [0.25, 0.3) is 0 Å². The second-order valence-corrected chi connectivity index (χ2v) is 9.27. The quantitative estimate of drug-likeness (QED) is 0.222. The molecule has 2 aromatic carbocycles. The van der Waals surface area contributed by atoms with Crippen molar-refractivity contribution in [2.45, 2.75) is 6.92 Å². The van der Waals surface area contributed by atoms with E-state index < -0.39 is 23.0 Å². The fourth-order valence-electron chi connectivity index (χ4n) is 4.76. The Bertz CT molecular complexity index is 1500. The van der Waals surface area contributed by atoms with Crippen LogP contribution < -0.4 is 25.4 Å². The van der Waals surface area contributed by atoms with E-state index in [1.807, 2.05) is 18.2 Å². The van der Waals surface area contributed by atoms with Crippen molar-refractivity contribution in [3.8, 4) is 11.5 Å². The summed E-state index contributed by atoms with van der Waals surface area (Å²) in [5.41, 5.74) is 8.44. The van der Waals surface area contributed by atoms with E-state index in [2.05, 4.69) is 32.0 Å². The van der Waals surface area contributed by atoms with Crippen LogP contribution in [0.25, 0.3) is 10.9 Å². The predicted molar refractivity (Wildman–Crippen MR) is 147 cm³/mol. The van der Waals surface area contributed by atoms with Gasteiger partial charge in [-0.1, -0.05) is 6.92 Å². The van der Waals surface area contributed by atoms with E-state index in [0.29, 0.717) is 28.1 Å². The Labute approximate surface area is 224 Å². The van der Waals surface area contributed by atoms with E-state index >= 15 is 0 Å². The molecule has 0 unspecified atom stereocenters. The van der Waals surface area contributed by atoms with Crippen LogP contribution in [-0.2, 0) is 0 Å². The fourth-order valence-corrected chi connectivity index (χ4v) is 4.76. The molecule has 0 aliphatic carbocycles. The maximum absolute atomic E-state index is 14.9. The highest BCUT2D eigenvalue weighted by molar-refractivity contribution is 6.11. The molecule has 5 rings (SSSR count). The van der Waals surface area contributed by atoms with Crippen molar-refractivity contribution in [3.63, 3.8) is 0 Å². The molecule has 204 valence electrons. The molecule has 1 aliphatic heterocycles. The molecular formula is C28H30F2N6O3. The van der Waals surface area contributed by atoms with Gasteiger partial charge >= 0.3 is 0 Å². The number of nitrogens with zero attached hydrogens (tertiary/aromatic N) is 3. The molecule has 39 heavy (non-hydrogen) atoms. The molecule has 0 atom stereocenters. The average molecular weight is 537 g/mol. The number of aromatic nitrogens is 2. The predicted octanol–water partition coefficient (Wildman–Crippen LogP) is 4.56. The van der Waals surface area contributed by atoms with E-state index in [9.17, 15) is 13.6 Å². The minimum atomic E-state index is -1.11. The number of H-pyrrole nitrogens is 1. The van der Waals surface area contributed by atoms with Crippen molar-refractivity contribution in [3.05, 3.63) is 65.5 Å². The molecule has 11 heteroatoms. The van der Waals surface area contributed by atoms with Crippen LogP contribution in [-0.4, -0.2) is 67.6 Å². The number of likely N-dealkylation sites (N-methyl/N-ethyl adjacent to an activating group) is 1. The maximum Gasteiger partial charge on any atom is 0.215 e. The number of rotatable bonds is 8. The lowest BCUT2D eigenvalue weighted by Crippen LogP contribution is -2.46. The van der Waals surface area contributed by atoms with Gasteiger partial charge in [0, 0.05) is 43.3 Å². The number of nitrogen functional groups attached to an aromatic ring is 1. The van der Waals surface area contributed by atoms with E-state index in [4.69, 9.17) is 15.2 Å². The second-order valence-electron chi connectivity index (χ2n) is 9.27. The zero-order valence-corrected chi connectivity index (χ0v) is 22.0. The highest BCUT2D eigenvalue weighted by Crippen LogP contribution is 2.34. The minimum absolute atomic E-state index is 0.0101. The van der Waals surface area contributed by atoms with Gasteiger partial charge in [-0.2, -0.15) is 0 Å². The van der Waals surface area contributed by atoms with Crippen molar-refractivity contribution < 1.29 is 23.0 Å². The van der Waals surface area contributed by atoms with Crippen LogP contribution in [0, 0.1) is 11.6 Å². The smallest absolute Gasteiger partial charge is 0.215 e. The molecule has 9 nitrogen and oxygen atoms in total. The van der Waals surface area contributed by atoms with Crippen LogP contribution in [0.4, 0.5) is 31.7 Å². The first-order valence-corrected chi connectivity index (χ1v) is 12.6. The molecule has 4 aromatic rings. The summed E-state index contributed by atoms with van der Waals surface area (Å²) in [6, 6.07) is 10.2. The zero-order chi connectivity index (χ0) is 27.7. The van der Waals surface area contributed by atoms with Gasteiger partial charge in [-0.15, -0.1) is 0 Å². The molecule has 1 aliphatic rings. The van der Waals surface area contributed by atoms with Gasteiger partial charge in [-0.25, -0.2) is 13.8 Å². The number of pyridine rings is 1. The van der Waals surface area contributed by atoms with Crippen LogP contribution in [0.2, 0.25) is 0 Å². The van der Waals surface area contributed by atoms with Crippen LogP contribution >= 0.6 is 0 Å². The molecule has 0 amide bonds. The number of halogens is 2. The Morgan fingerprint density at radius 2 is 1.74 bits per heavy atom. The maximum atomic E-state index is 14.9. The molecular weight excluding hydrogens is 506 g/mol. The highest BCUT2D eigenvalue weighted by Gasteiger charge is 2.27. The number of benzene rings is 2. The van der Waals surface area contributed by atoms with Gasteiger partial charge < -0.3 is 35.3 Å². The summed E-state index contributed by atoms with van der Waals surface area (Å²) >= 11 is 0. The van der Waals surface area contributed by atoms with Crippen molar-refractivity contribution in [2.75, 3.05) is 62.9 Å². The molecule has 2 aromatic heterocycles. The average Bonchev–Trinajstić information content (AvgIpc) is 3.38. The summed E-state index contributed by atoms with van der Waals surface area (Å²) in [7, 11) is 2.45. The lowest BCUT2D eigenvalue weighted by molar-refractivity contribution is 0.102. The lowest BCUT2D eigenvalue weighted by atomic mass is 10.1. The number of hydrogen-bond acceptors (Lipinski definition) is 8. The van der Waals surface area contributed by atoms with E-state index in [1.54, 1.807) is 6.07 Å². The summed E-state index contributed by atoms with van der Waals surface area (Å²) in [5, 5.41) is 3.84. The van der Waals surface area contributed by atoms with Crippen molar-refractivity contribution in [1.29, 1.82) is 0 Å². The Morgan fingerprint density at radius 1 is 1.05 bits per heavy atom. The van der Waals surface area contributed by atoms with Crippen LogP contribution in [0.15, 0.2) is 42.6 Å². The third-order valence-electron chi connectivity index (χ3n) is 7.03. The normalized spacial score (nSPS) is 14.0. The van der Waals surface area contributed by atoms with Gasteiger partial charge in [0.1, 0.15) is 11.4 Å². The van der Waals surface area contributed by atoms with Crippen LogP contribution in [0.5, 0.6) is 11.5 Å². The molecule has 0 spiro atoms. The van der Waals surface area contributed by atoms with Gasteiger partial charge in [-0.05, 0) is 36.9 Å². The molecule has 0 bridgehead atoms. The first kappa shape index (κ1) is 26.2. The number of nitrogens with two attached hydrogens (primary N) is 1. The van der Waals surface area contributed by atoms with E-state index in [1.165, 1.54) is 26.5 Å². The Hall–Kier alpha value is -4.38. The number of aromatic amines is 1. The number of nitrogens with one attached hydrogen (secondary N) is 2. The number of piperazine rings is 1. The highest BCUT2D eigenvalue weighted by atomic mass is 19.1. The number of carbonyl (C=O) groups is 1. The Morgan fingerprint density at radius 3 is 2.36 bits per heavy atom. The Balaban J connectivity index is 1.37. The molecule has 4 N–H and O–H groups in total. The number of fused-ring (bicyclic) bond motifs is 1. The van der Waals surface area contributed by atoms with Gasteiger partial charge in [0.05, 0.1) is 43.0 Å². The number of ether oxygens (including phenoxy) is 2. The van der Waals surface area contributed by atoms with Crippen LogP contribution in [0.1, 0.15) is 23.0 Å². The number of hydrogen-bond donors (Lipinski definition) is 3. The van der Waals surface area contributed by atoms with Crippen LogP contribution in [0.3, 0.4) is 0 Å². The van der Waals surface area contributed by atoms with Crippen molar-refractivity contribution >= 4 is 39.6 Å². The number of ketones is 1. The van der Waals surface area contributed by atoms with Gasteiger partial charge in [0.15, 0.2) is 23.1 Å². The SMILES string of the molecule is CCN1CCN(c2ccc(Nc3cc4cc(C(=O)c5c(F)c(OC)cc(OC)c5F)[nH]c4cn3)c(N)c2)CC1. The van der Waals surface area contributed by atoms with Gasteiger partial charge in [-0.3, -0.25) is 4.79 Å². The number of anilines is 4. The van der Waals surface area contributed by atoms with E-state index in [0.717, 1.165) is 44.5 Å². The van der Waals surface area contributed by atoms with Crippen molar-refractivity contribution in [1.82, 2.24) is 14.9 Å². The molecule has 3 heterocycles. The molecule has 1 saturated heterocycles. The molecule has 1 fully saturated rings. The van der Waals surface area contributed by atoms with E-state index in [-0.39, 0.29) is 17.2 Å². The lowest BCUT2D eigenvalue weighted by Gasteiger charge is -2.35. The minimum Gasteiger partial charge on any atom is -0.494 e. The van der Waals surface area contributed by atoms with Crippen molar-refractivity contribution in [2.24, 2.45) is 0 Å². The first-order chi connectivity index (χ1) is 18.8. The second kappa shape index (κ2) is 10.8. The summed E-state index contributed by atoms with van der Waals surface area (Å²) in [6.45, 7) is 7.16. The third kappa shape index (κ3) is 5.05. The summed E-state index contributed by atoms with van der Waals surface area (Å²) < 4.78 is 39.6. The summed E-state index contributed by atoms with van der Waals surface area (Å²) in [5.74, 6) is -3.19. The fraction of sp³-hybridized carbons (Fsp3) is 0.286. The standard InChI is InChI=1S/C28H30F2N6O3/c1-4-35-7-9-36(10-8-35)17-5-6-19(18(31)13-17)34-24-12-16-11-20(33-21(16)15-32-24)28(37)25-26(29)22(38-2)14-23(39-3)27(25)30/h5-6,11-15,33H,4,7-10,31H2,1-3H3,(H,32,34). The Kier molecular flexibility index (Phi) is 7.25. The third-order valence-corrected chi connectivity index (χ3v) is 7.03. The zero-order valence-electron chi connectivity index (χ0n) is 22.0. The summed E-state index contributed by atoms with van der Waals surface area (Å²) in [4.78, 5) is 25.1. The van der Waals surface area contributed by atoms with Gasteiger partial charge in [0.2, 0.25) is 5.78 Å². The molecule has 0 saturated carbocycles. The monoisotopic (exact) mass is 536 g/mol. The summed E-state index contributed by atoms with van der Waals surface area (Å²) in [6.07, 6.45) is 1.53. The topological polar surface area (TPSA) is 109 Å². The largest absolute Gasteiger partial charge is 0.494 e.